The quantitative estimate of drug-likeness (QED) is 0.824. The van der Waals surface area contributed by atoms with Crippen molar-refractivity contribution in [2.45, 2.75) is 19.4 Å². The van der Waals surface area contributed by atoms with E-state index in [1.807, 2.05) is 24.3 Å². The summed E-state index contributed by atoms with van der Waals surface area (Å²) in [5.74, 6) is 0.754. The maximum absolute atomic E-state index is 12.1. The van der Waals surface area contributed by atoms with Crippen LogP contribution >= 0.6 is 11.6 Å². The first-order chi connectivity index (χ1) is 13.2. The Morgan fingerprint density at radius 3 is 2.26 bits per heavy atom. The zero-order valence-electron chi connectivity index (χ0n) is 15.5. The second-order valence-electron chi connectivity index (χ2n) is 7.59. The highest BCUT2D eigenvalue weighted by Gasteiger charge is 2.22. The van der Waals surface area contributed by atoms with Crippen LogP contribution in [0.2, 0.25) is 5.02 Å². The van der Waals surface area contributed by atoms with E-state index in [1.165, 1.54) is 24.1 Å². The number of amides is 1. The van der Waals surface area contributed by atoms with Crippen LogP contribution < -0.4 is 10.2 Å². The number of carbonyl (C=O) groups is 1. The third-order valence-corrected chi connectivity index (χ3v) is 5.69. The maximum atomic E-state index is 12.1. The summed E-state index contributed by atoms with van der Waals surface area (Å²) in [5, 5.41) is 3.80. The molecular formula is C22H26ClN3O. The number of anilines is 1. The van der Waals surface area contributed by atoms with E-state index >= 15 is 0 Å². The summed E-state index contributed by atoms with van der Waals surface area (Å²) >= 11 is 5.98. The van der Waals surface area contributed by atoms with Gasteiger partial charge in [-0.3, -0.25) is 9.69 Å². The van der Waals surface area contributed by atoms with Gasteiger partial charge in [-0.1, -0.05) is 23.7 Å². The first-order valence-electron chi connectivity index (χ1n) is 9.77. The third kappa shape index (κ3) is 5.02. The van der Waals surface area contributed by atoms with E-state index in [2.05, 4.69) is 39.4 Å². The first-order valence-corrected chi connectivity index (χ1v) is 10.2. The molecule has 1 saturated carbocycles. The van der Waals surface area contributed by atoms with Gasteiger partial charge >= 0.3 is 0 Å². The predicted molar refractivity (Wildman–Crippen MR) is 110 cm³/mol. The van der Waals surface area contributed by atoms with Crippen molar-refractivity contribution in [3.8, 4) is 0 Å². The molecule has 4 rings (SSSR count). The highest BCUT2D eigenvalue weighted by molar-refractivity contribution is 6.30. The average Bonchev–Trinajstić information content (AvgIpc) is 3.53. The normalized spacial score (nSPS) is 17.7. The summed E-state index contributed by atoms with van der Waals surface area (Å²) in [6.45, 7) is 5.85. The summed E-state index contributed by atoms with van der Waals surface area (Å²) in [6, 6.07) is 16.1. The minimum atomic E-state index is 0.0463. The summed E-state index contributed by atoms with van der Waals surface area (Å²) in [4.78, 5) is 17.0. The van der Waals surface area contributed by atoms with E-state index in [4.69, 9.17) is 11.6 Å². The van der Waals surface area contributed by atoms with Crippen LogP contribution in [-0.2, 0) is 6.54 Å². The molecule has 0 radical (unpaired) electrons. The van der Waals surface area contributed by atoms with Gasteiger partial charge in [0.1, 0.15) is 0 Å². The summed E-state index contributed by atoms with van der Waals surface area (Å²) in [5.41, 5.74) is 3.25. The largest absolute Gasteiger partial charge is 0.369 e. The Bertz CT molecular complexity index is 763. The summed E-state index contributed by atoms with van der Waals surface area (Å²) in [7, 11) is 0. The Hall–Kier alpha value is -2.04. The predicted octanol–water partition coefficient (Wildman–Crippen LogP) is 3.80. The average molecular weight is 384 g/mol. The number of nitrogens with one attached hydrogen (secondary N) is 1. The molecule has 1 heterocycles. The molecule has 142 valence electrons. The lowest BCUT2D eigenvalue weighted by Crippen LogP contribution is -2.45. The molecule has 2 aliphatic rings. The number of piperazine rings is 1. The molecule has 0 unspecified atom stereocenters. The fraction of sp³-hybridized carbons (Fsp3) is 0.409. The van der Waals surface area contributed by atoms with E-state index in [0.29, 0.717) is 5.92 Å². The van der Waals surface area contributed by atoms with Crippen LogP contribution in [0.1, 0.15) is 28.8 Å². The van der Waals surface area contributed by atoms with Crippen LogP contribution in [0.25, 0.3) is 0 Å². The van der Waals surface area contributed by atoms with Crippen LogP contribution in [0.5, 0.6) is 0 Å². The summed E-state index contributed by atoms with van der Waals surface area (Å²) < 4.78 is 0. The molecule has 2 fully saturated rings. The molecule has 0 bridgehead atoms. The van der Waals surface area contributed by atoms with Crippen LogP contribution in [0.15, 0.2) is 48.5 Å². The number of hydrogen-bond acceptors (Lipinski definition) is 3. The Morgan fingerprint density at radius 2 is 1.63 bits per heavy atom. The Morgan fingerprint density at radius 1 is 0.963 bits per heavy atom. The van der Waals surface area contributed by atoms with Gasteiger partial charge in [-0.2, -0.15) is 0 Å². The smallest absolute Gasteiger partial charge is 0.251 e. The van der Waals surface area contributed by atoms with Gasteiger partial charge < -0.3 is 10.2 Å². The van der Waals surface area contributed by atoms with Crippen molar-refractivity contribution in [2.75, 3.05) is 37.6 Å². The molecule has 2 aromatic rings. The first kappa shape index (κ1) is 18.3. The molecule has 2 aromatic carbocycles. The molecule has 1 aliphatic carbocycles. The van der Waals surface area contributed by atoms with Gasteiger partial charge in [0.2, 0.25) is 0 Å². The molecule has 1 saturated heterocycles. The molecule has 27 heavy (non-hydrogen) atoms. The number of halogens is 1. The topological polar surface area (TPSA) is 35.6 Å². The van der Waals surface area contributed by atoms with Gasteiger partial charge in [-0.05, 0) is 60.7 Å². The van der Waals surface area contributed by atoms with Crippen LogP contribution in [0, 0.1) is 5.92 Å². The van der Waals surface area contributed by atoms with Gasteiger partial charge in [-0.15, -0.1) is 0 Å². The SMILES string of the molecule is O=C(NCC1CC1)c1ccc(CN2CCN(c3ccc(Cl)cc3)CC2)cc1. The summed E-state index contributed by atoms with van der Waals surface area (Å²) in [6.07, 6.45) is 2.51. The van der Waals surface area contributed by atoms with Gasteiger partial charge in [0, 0.05) is 55.5 Å². The lowest BCUT2D eigenvalue weighted by Gasteiger charge is -2.36. The van der Waals surface area contributed by atoms with Crippen molar-refractivity contribution in [1.29, 1.82) is 0 Å². The number of benzene rings is 2. The Labute approximate surface area is 166 Å². The maximum Gasteiger partial charge on any atom is 0.251 e. The molecule has 1 N–H and O–H groups in total. The van der Waals surface area contributed by atoms with Crippen molar-refractivity contribution in [3.05, 3.63) is 64.7 Å². The minimum absolute atomic E-state index is 0.0463. The van der Waals surface area contributed by atoms with Crippen LogP contribution in [0.4, 0.5) is 5.69 Å². The third-order valence-electron chi connectivity index (χ3n) is 5.43. The fourth-order valence-corrected chi connectivity index (χ4v) is 3.62. The highest BCUT2D eigenvalue weighted by atomic mass is 35.5. The van der Waals surface area contributed by atoms with Crippen molar-refractivity contribution >= 4 is 23.2 Å². The fourth-order valence-electron chi connectivity index (χ4n) is 3.50. The lowest BCUT2D eigenvalue weighted by atomic mass is 10.1. The van der Waals surface area contributed by atoms with Crippen molar-refractivity contribution in [2.24, 2.45) is 5.92 Å². The van der Waals surface area contributed by atoms with Crippen molar-refractivity contribution < 1.29 is 4.79 Å². The van der Waals surface area contributed by atoms with Gasteiger partial charge in [0.25, 0.3) is 5.91 Å². The molecule has 0 aromatic heterocycles. The van der Waals surface area contributed by atoms with E-state index < -0.39 is 0 Å². The number of nitrogens with zero attached hydrogens (tertiary/aromatic N) is 2. The van der Waals surface area contributed by atoms with E-state index in [9.17, 15) is 4.79 Å². The lowest BCUT2D eigenvalue weighted by molar-refractivity contribution is 0.0952. The Balaban J connectivity index is 1.26. The number of hydrogen-bond donors (Lipinski definition) is 1. The van der Waals surface area contributed by atoms with Gasteiger partial charge in [0.05, 0.1) is 0 Å². The minimum Gasteiger partial charge on any atom is -0.369 e. The van der Waals surface area contributed by atoms with Gasteiger partial charge in [0.15, 0.2) is 0 Å². The van der Waals surface area contributed by atoms with Gasteiger partial charge in [-0.25, -0.2) is 0 Å². The highest BCUT2D eigenvalue weighted by Crippen LogP contribution is 2.27. The standard InChI is InChI=1S/C22H26ClN3O/c23-20-7-9-21(10-8-20)26-13-11-25(12-14-26)16-18-3-5-19(6-4-18)22(27)24-15-17-1-2-17/h3-10,17H,1-2,11-16H2,(H,24,27). The van der Waals surface area contributed by atoms with E-state index in [1.54, 1.807) is 0 Å². The molecule has 4 nitrogen and oxygen atoms in total. The zero-order valence-corrected chi connectivity index (χ0v) is 16.3. The van der Waals surface area contributed by atoms with Crippen molar-refractivity contribution in [1.82, 2.24) is 10.2 Å². The van der Waals surface area contributed by atoms with Crippen molar-refractivity contribution in [3.63, 3.8) is 0 Å². The Kier molecular flexibility index (Phi) is 5.65. The van der Waals surface area contributed by atoms with E-state index in [-0.39, 0.29) is 5.91 Å². The molecule has 0 atom stereocenters. The number of rotatable bonds is 6. The molecule has 0 spiro atoms. The van der Waals surface area contributed by atoms with Crippen LogP contribution in [-0.4, -0.2) is 43.5 Å². The molecule has 5 heteroatoms. The monoisotopic (exact) mass is 383 g/mol. The molecule has 1 aliphatic heterocycles. The second-order valence-corrected chi connectivity index (χ2v) is 8.03. The van der Waals surface area contributed by atoms with Crippen LogP contribution in [0.3, 0.4) is 0 Å². The van der Waals surface area contributed by atoms with E-state index in [0.717, 1.165) is 49.9 Å². The number of carbonyl (C=O) groups excluding carboxylic acids is 1. The second kappa shape index (κ2) is 8.32. The molecule has 1 amide bonds. The molecular weight excluding hydrogens is 358 g/mol. The zero-order chi connectivity index (χ0) is 18.6.